The molecule has 4 heterocycles. The maximum Gasteiger partial charge on any atom is 0.272 e. The molecule has 0 unspecified atom stereocenters. The van der Waals surface area contributed by atoms with Crippen molar-refractivity contribution in [2.24, 2.45) is 7.05 Å². The lowest BCUT2D eigenvalue weighted by atomic mass is 9.91. The van der Waals surface area contributed by atoms with Gasteiger partial charge in [-0.2, -0.15) is 15.5 Å². The van der Waals surface area contributed by atoms with Crippen LogP contribution in [0.2, 0.25) is 0 Å². The topological polar surface area (TPSA) is 96.6 Å². The highest BCUT2D eigenvalue weighted by atomic mass is 32.1. The standard InChI is InChI=1S/C26H21N5O2S/c1-3-20-16-10-14(11-17(21-8-9-33-21)23(16)26(32)30-29-20)19-13-28-31(2)24(19)25-18(12-27)15-6-4-5-7-22(15)34-25/h4-7,10-11,13,21H,3,8-9H2,1-2H3,(H,30,32)/t21-/m1/s1. The van der Waals surface area contributed by atoms with Crippen molar-refractivity contribution in [1.82, 2.24) is 20.0 Å². The summed E-state index contributed by atoms with van der Waals surface area (Å²) in [5.74, 6) is 0. The zero-order valence-corrected chi connectivity index (χ0v) is 19.6. The molecule has 168 valence electrons. The predicted molar refractivity (Wildman–Crippen MR) is 133 cm³/mol. The molecule has 1 saturated heterocycles. The van der Waals surface area contributed by atoms with Gasteiger partial charge in [0, 0.05) is 34.5 Å². The second-order valence-electron chi connectivity index (χ2n) is 8.43. The summed E-state index contributed by atoms with van der Waals surface area (Å²) >= 11 is 1.59. The molecule has 0 radical (unpaired) electrons. The molecule has 2 aromatic carbocycles. The molecule has 0 aliphatic carbocycles. The number of benzene rings is 2. The van der Waals surface area contributed by atoms with Gasteiger partial charge in [0.15, 0.2) is 0 Å². The first-order valence-corrected chi connectivity index (χ1v) is 12.0. The number of nitriles is 1. The number of thiophene rings is 1. The largest absolute Gasteiger partial charge is 0.373 e. The van der Waals surface area contributed by atoms with E-state index < -0.39 is 0 Å². The molecule has 1 atom stereocenters. The molecule has 34 heavy (non-hydrogen) atoms. The summed E-state index contributed by atoms with van der Waals surface area (Å²) < 4.78 is 8.69. The number of H-pyrrole nitrogens is 1. The Morgan fingerprint density at radius 2 is 2.12 bits per heavy atom. The summed E-state index contributed by atoms with van der Waals surface area (Å²) in [5.41, 5.74) is 4.90. The van der Waals surface area contributed by atoms with E-state index in [0.717, 1.165) is 54.8 Å². The normalized spacial score (nSPS) is 15.5. The smallest absolute Gasteiger partial charge is 0.272 e. The number of hydrogen-bond acceptors (Lipinski definition) is 6. The van der Waals surface area contributed by atoms with Crippen LogP contribution in [0.4, 0.5) is 0 Å². The number of aromatic amines is 1. The highest BCUT2D eigenvalue weighted by molar-refractivity contribution is 7.22. The first-order valence-electron chi connectivity index (χ1n) is 11.2. The molecule has 8 heteroatoms. The Morgan fingerprint density at radius 1 is 1.29 bits per heavy atom. The second-order valence-corrected chi connectivity index (χ2v) is 9.49. The Morgan fingerprint density at radius 3 is 2.85 bits per heavy atom. The summed E-state index contributed by atoms with van der Waals surface area (Å²) in [4.78, 5) is 13.7. The average molecular weight is 468 g/mol. The van der Waals surface area contributed by atoms with Gasteiger partial charge in [-0.05, 0) is 35.7 Å². The molecule has 0 saturated carbocycles. The van der Waals surface area contributed by atoms with E-state index in [9.17, 15) is 10.1 Å². The molecule has 3 aromatic heterocycles. The van der Waals surface area contributed by atoms with E-state index in [1.165, 1.54) is 0 Å². The van der Waals surface area contributed by atoms with Gasteiger partial charge in [-0.15, -0.1) is 11.3 Å². The Balaban J connectivity index is 1.65. The van der Waals surface area contributed by atoms with Crippen molar-refractivity contribution in [2.75, 3.05) is 6.61 Å². The van der Waals surface area contributed by atoms with E-state index in [0.29, 0.717) is 24.0 Å². The average Bonchev–Trinajstić information content (AvgIpc) is 3.37. The van der Waals surface area contributed by atoms with E-state index in [2.05, 4.69) is 21.4 Å². The first-order chi connectivity index (χ1) is 16.6. The summed E-state index contributed by atoms with van der Waals surface area (Å²) in [6.45, 7) is 2.71. The zero-order chi connectivity index (χ0) is 23.4. The lowest BCUT2D eigenvalue weighted by molar-refractivity contribution is -0.0518. The molecular weight excluding hydrogens is 446 g/mol. The van der Waals surface area contributed by atoms with Gasteiger partial charge in [0.05, 0.1) is 46.1 Å². The Hall–Kier alpha value is -3.80. The van der Waals surface area contributed by atoms with Gasteiger partial charge in [-0.3, -0.25) is 9.48 Å². The molecule has 1 aliphatic rings. The van der Waals surface area contributed by atoms with E-state index in [4.69, 9.17) is 4.74 Å². The van der Waals surface area contributed by atoms with E-state index in [1.54, 1.807) is 11.3 Å². The van der Waals surface area contributed by atoms with Crippen molar-refractivity contribution in [3.05, 3.63) is 69.8 Å². The number of aromatic nitrogens is 4. The molecule has 0 spiro atoms. The van der Waals surface area contributed by atoms with Gasteiger partial charge in [-0.1, -0.05) is 25.1 Å². The number of fused-ring (bicyclic) bond motifs is 2. The first kappa shape index (κ1) is 20.8. The second kappa shape index (κ2) is 7.90. The Bertz CT molecular complexity index is 1680. The fourth-order valence-electron chi connectivity index (χ4n) is 4.78. The fourth-order valence-corrected chi connectivity index (χ4v) is 6.02. The van der Waals surface area contributed by atoms with E-state index in [-0.39, 0.29) is 11.7 Å². The van der Waals surface area contributed by atoms with E-state index >= 15 is 0 Å². The van der Waals surface area contributed by atoms with Crippen LogP contribution in [0, 0.1) is 11.3 Å². The quantitative estimate of drug-likeness (QED) is 0.397. The van der Waals surface area contributed by atoms with Crippen molar-refractivity contribution in [3.63, 3.8) is 0 Å². The Kier molecular flexibility index (Phi) is 4.83. The molecule has 1 fully saturated rings. The van der Waals surface area contributed by atoms with Gasteiger partial charge in [0.25, 0.3) is 5.56 Å². The summed E-state index contributed by atoms with van der Waals surface area (Å²) in [7, 11) is 1.89. The minimum Gasteiger partial charge on any atom is -0.373 e. The van der Waals surface area contributed by atoms with Gasteiger partial charge in [-0.25, -0.2) is 5.10 Å². The van der Waals surface area contributed by atoms with Crippen molar-refractivity contribution in [2.45, 2.75) is 25.9 Å². The molecule has 5 aromatic rings. The maximum absolute atomic E-state index is 12.8. The number of hydrogen-bond donors (Lipinski definition) is 1. The molecule has 1 aliphatic heterocycles. The highest BCUT2D eigenvalue weighted by Crippen LogP contribution is 2.44. The lowest BCUT2D eigenvalue weighted by Gasteiger charge is -2.28. The summed E-state index contributed by atoms with van der Waals surface area (Å²) in [6.07, 6.45) is 3.28. The van der Waals surface area contributed by atoms with Gasteiger partial charge in [0.1, 0.15) is 6.07 Å². The third-order valence-corrected chi connectivity index (χ3v) is 7.73. The Labute approximate surface area is 199 Å². The van der Waals surface area contributed by atoms with Crippen LogP contribution in [0.15, 0.2) is 47.4 Å². The number of aryl methyl sites for hydroxylation is 2. The number of nitrogens with one attached hydrogen (secondary N) is 1. The number of nitrogens with zero attached hydrogens (tertiary/aromatic N) is 4. The number of ether oxygens (including phenoxy) is 1. The molecule has 6 rings (SSSR count). The van der Waals surface area contributed by atoms with Crippen LogP contribution in [0.5, 0.6) is 0 Å². The van der Waals surface area contributed by atoms with Crippen LogP contribution in [0.3, 0.4) is 0 Å². The van der Waals surface area contributed by atoms with Crippen molar-refractivity contribution in [3.8, 4) is 27.8 Å². The van der Waals surface area contributed by atoms with Gasteiger partial charge >= 0.3 is 0 Å². The lowest BCUT2D eigenvalue weighted by Crippen LogP contribution is -2.22. The number of rotatable bonds is 4. The monoisotopic (exact) mass is 467 g/mol. The van der Waals surface area contributed by atoms with Crippen molar-refractivity contribution >= 4 is 32.2 Å². The molecule has 0 amide bonds. The summed E-state index contributed by atoms with van der Waals surface area (Å²) in [5, 5.41) is 24.0. The van der Waals surface area contributed by atoms with Crippen LogP contribution in [-0.2, 0) is 18.2 Å². The van der Waals surface area contributed by atoms with Gasteiger partial charge in [0.2, 0.25) is 0 Å². The van der Waals surface area contributed by atoms with Crippen LogP contribution in [-0.4, -0.2) is 26.6 Å². The molecule has 7 nitrogen and oxygen atoms in total. The third-order valence-electron chi connectivity index (χ3n) is 6.55. The van der Waals surface area contributed by atoms with E-state index in [1.807, 2.05) is 61.2 Å². The molecule has 1 N–H and O–H groups in total. The van der Waals surface area contributed by atoms with Crippen LogP contribution in [0.1, 0.15) is 36.3 Å². The van der Waals surface area contributed by atoms with Crippen LogP contribution in [0.25, 0.3) is 42.6 Å². The maximum atomic E-state index is 12.8. The van der Waals surface area contributed by atoms with Crippen molar-refractivity contribution < 1.29 is 4.74 Å². The molecular formula is C26H21N5O2S. The van der Waals surface area contributed by atoms with Crippen molar-refractivity contribution in [1.29, 1.82) is 5.26 Å². The summed E-state index contributed by atoms with van der Waals surface area (Å²) in [6, 6.07) is 14.4. The minimum atomic E-state index is -0.202. The SMILES string of the molecule is CCc1n[nH]c(=O)c2c([C@H]3CCO3)cc(-c3cnn(C)c3-c3sc4ccccc4c3C#N)cc12. The van der Waals surface area contributed by atoms with Crippen LogP contribution < -0.4 is 5.56 Å². The fraction of sp³-hybridized carbons (Fsp3) is 0.231. The minimum absolute atomic E-state index is 0.116. The predicted octanol–water partition coefficient (Wildman–Crippen LogP) is 5.10. The van der Waals surface area contributed by atoms with Gasteiger partial charge < -0.3 is 4.74 Å². The zero-order valence-electron chi connectivity index (χ0n) is 18.8. The molecule has 0 bridgehead atoms. The highest BCUT2D eigenvalue weighted by Gasteiger charge is 2.27. The third kappa shape index (κ3) is 3.01. The van der Waals surface area contributed by atoms with Crippen LogP contribution >= 0.6 is 11.3 Å².